The Bertz CT molecular complexity index is 1040. The molecule has 0 saturated carbocycles. The van der Waals surface area contributed by atoms with E-state index in [4.69, 9.17) is 14.5 Å². The van der Waals surface area contributed by atoms with E-state index in [1.807, 2.05) is 74.2 Å². The molecule has 1 aliphatic heterocycles. The molecule has 1 amide bonds. The SMILES string of the molecule is COc1ccc(-c2cc(C(=O)N3CC(C)OC(C)C3)c3cc(C)ccc3n2)cc1. The molecule has 1 saturated heterocycles. The highest BCUT2D eigenvalue weighted by molar-refractivity contribution is 6.07. The van der Waals surface area contributed by atoms with Crippen LogP contribution in [0, 0.1) is 6.92 Å². The minimum absolute atomic E-state index is 0.0265. The normalized spacial score (nSPS) is 19.4. The molecule has 5 nitrogen and oxygen atoms in total. The fraction of sp³-hybridized carbons (Fsp3) is 0.333. The number of aromatic nitrogens is 1. The molecular formula is C24H26N2O3. The molecule has 0 N–H and O–H groups in total. The van der Waals surface area contributed by atoms with Gasteiger partial charge in [0.2, 0.25) is 0 Å². The second-order valence-corrected chi connectivity index (χ2v) is 7.77. The van der Waals surface area contributed by atoms with Gasteiger partial charge in [-0.1, -0.05) is 11.6 Å². The van der Waals surface area contributed by atoms with Gasteiger partial charge in [-0.05, 0) is 63.2 Å². The molecule has 5 heteroatoms. The number of rotatable bonds is 3. The molecular weight excluding hydrogens is 364 g/mol. The van der Waals surface area contributed by atoms with Crippen LogP contribution in [0.1, 0.15) is 29.8 Å². The first-order valence-electron chi connectivity index (χ1n) is 9.95. The van der Waals surface area contributed by atoms with Crippen molar-refractivity contribution in [1.82, 2.24) is 9.88 Å². The second kappa shape index (κ2) is 7.84. The summed E-state index contributed by atoms with van der Waals surface area (Å²) >= 11 is 0. The molecule has 1 aromatic heterocycles. The lowest BCUT2D eigenvalue weighted by Gasteiger charge is -2.35. The summed E-state index contributed by atoms with van der Waals surface area (Å²) in [4.78, 5) is 20.2. The predicted molar refractivity (Wildman–Crippen MR) is 114 cm³/mol. The quantitative estimate of drug-likeness (QED) is 0.662. The average molecular weight is 390 g/mol. The highest BCUT2D eigenvalue weighted by Gasteiger charge is 2.28. The van der Waals surface area contributed by atoms with Crippen molar-refractivity contribution in [3.63, 3.8) is 0 Å². The van der Waals surface area contributed by atoms with Crippen LogP contribution in [0.4, 0.5) is 0 Å². The lowest BCUT2D eigenvalue weighted by Crippen LogP contribution is -2.48. The van der Waals surface area contributed by atoms with E-state index < -0.39 is 0 Å². The fourth-order valence-corrected chi connectivity index (χ4v) is 3.94. The lowest BCUT2D eigenvalue weighted by molar-refractivity contribution is -0.0585. The highest BCUT2D eigenvalue weighted by Crippen LogP contribution is 2.28. The first-order chi connectivity index (χ1) is 13.9. The Labute approximate surface area is 171 Å². The lowest BCUT2D eigenvalue weighted by atomic mass is 10.0. The van der Waals surface area contributed by atoms with Crippen LogP contribution in [-0.4, -0.2) is 48.2 Å². The Balaban J connectivity index is 1.82. The van der Waals surface area contributed by atoms with E-state index in [9.17, 15) is 4.79 Å². The van der Waals surface area contributed by atoms with Crippen molar-refractivity contribution in [3.8, 4) is 17.0 Å². The number of morpholine rings is 1. The van der Waals surface area contributed by atoms with Crippen LogP contribution in [0.25, 0.3) is 22.2 Å². The summed E-state index contributed by atoms with van der Waals surface area (Å²) in [5.41, 5.74) is 4.34. The zero-order valence-electron chi connectivity index (χ0n) is 17.3. The number of hydrogen-bond donors (Lipinski definition) is 0. The molecule has 1 fully saturated rings. The topological polar surface area (TPSA) is 51.7 Å². The maximum absolute atomic E-state index is 13.5. The molecule has 2 atom stereocenters. The van der Waals surface area contributed by atoms with Gasteiger partial charge in [0.1, 0.15) is 5.75 Å². The van der Waals surface area contributed by atoms with E-state index in [0.29, 0.717) is 18.7 Å². The molecule has 0 spiro atoms. The van der Waals surface area contributed by atoms with Crippen LogP contribution in [0.3, 0.4) is 0 Å². The van der Waals surface area contributed by atoms with Crippen molar-refractivity contribution in [2.75, 3.05) is 20.2 Å². The van der Waals surface area contributed by atoms with Crippen molar-refractivity contribution in [2.45, 2.75) is 33.0 Å². The maximum Gasteiger partial charge on any atom is 0.254 e. The zero-order valence-corrected chi connectivity index (χ0v) is 17.3. The number of nitrogens with zero attached hydrogens (tertiary/aromatic N) is 2. The Hall–Kier alpha value is -2.92. The number of methoxy groups -OCH3 is 1. The molecule has 1 aliphatic rings. The average Bonchev–Trinajstić information content (AvgIpc) is 2.72. The Morgan fingerprint density at radius 2 is 1.76 bits per heavy atom. The van der Waals surface area contributed by atoms with Crippen LogP contribution in [0.5, 0.6) is 5.75 Å². The maximum atomic E-state index is 13.5. The van der Waals surface area contributed by atoms with Gasteiger partial charge in [0, 0.05) is 24.0 Å². The van der Waals surface area contributed by atoms with Gasteiger partial charge in [0.05, 0.1) is 36.1 Å². The first kappa shape index (κ1) is 19.4. The fourth-order valence-electron chi connectivity index (χ4n) is 3.94. The first-order valence-corrected chi connectivity index (χ1v) is 9.95. The van der Waals surface area contributed by atoms with Crippen LogP contribution >= 0.6 is 0 Å². The van der Waals surface area contributed by atoms with Gasteiger partial charge in [0.25, 0.3) is 5.91 Å². The number of aryl methyl sites for hydroxylation is 1. The minimum Gasteiger partial charge on any atom is -0.497 e. The molecule has 2 heterocycles. The van der Waals surface area contributed by atoms with Gasteiger partial charge < -0.3 is 14.4 Å². The number of carbonyl (C=O) groups is 1. The van der Waals surface area contributed by atoms with Crippen molar-refractivity contribution in [2.24, 2.45) is 0 Å². The number of benzene rings is 2. The minimum atomic E-state index is 0.0265. The summed E-state index contributed by atoms with van der Waals surface area (Å²) in [5, 5.41) is 0.888. The van der Waals surface area contributed by atoms with Crippen LogP contribution in [-0.2, 0) is 4.74 Å². The van der Waals surface area contributed by atoms with Gasteiger partial charge >= 0.3 is 0 Å². The van der Waals surface area contributed by atoms with Crippen molar-refractivity contribution in [1.29, 1.82) is 0 Å². The highest BCUT2D eigenvalue weighted by atomic mass is 16.5. The van der Waals surface area contributed by atoms with Crippen LogP contribution in [0.2, 0.25) is 0 Å². The van der Waals surface area contributed by atoms with E-state index in [1.165, 1.54) is 0 Å². The number of amides is 1. The largest absolute Gasteiger partial charge is 0.497 e. The molecule has 4 rings (SSSR count). The van der Waals surface area contributed by atoms with Crippen LogP contribution in [0.15, 0.2) is 48.5 Å². The van der Waals surface area contributed by atoms with Crippen molar-refractivity contribution < 1.29 is 14.3 Å². The van der Waals surface area contributed by atoms with Gasteiger partial charge in [0.15, 0.2) is 0 Å². The smallest absolute Gasteiger partial charge is 0.254 e. The van der Waals surface area contributed by atoms with E-state index in [1.54, 1.807) is 7.11 Å². The molecule has 29 heavy (non-hydrogen) atoms. The molecule has 150 valence electrons. The summed E-state index contributed by atoms with van der Waals surface area (Å²) in [7, 11) is 1.65. The third-order valence-corrected chi connectivity index (χ3v) is 5.29. The third kappa shape index (κ3) is 3.96. The molecule has 0 bridgehead atoms. The second-order valence-electron chi connectivity index (χ2n) is 7.77. The van der Waals surface area contributed by atoms with E-state index >= 15 is 0 Å². The number of ether oxygens (including phenoxy) is 2. The Kier molecular flexibility index (Phi) is 5.24. The number of fused-ring (bicyclic) bond motifs is 1. The van der Waals surface area contributed by atoms with Crippen molar-refractivity contribution in [3.05, 3.63) is 59.7 Å². The van der Waals surface area contributed by atoms with Crippen molar-refractivity contribution >= 4 is 16.8 Å². The zero-order chi connectivity index (χ0) is 20.5. The molecule has 2 aromatic carbocycles. The summed E-state index contributed by atoms with van der Waals surface area (Å²) in [6.45, 7) is 7.23. The van der Waals surface area contributed by atoms with Gasteiger partial charge in [-0.15, -0.1) is 0 Å². The summed E-state index contributed by atoms with van der Waals surface area (Å²) < 4.78 is 11.1. The third-order valence-electron chi connectivity index (χ3n) is 5.29. The Morgan fingerprint density at radius 3 is 2.41 bits per heavy atom. The predicted octanol–water partition coefficient (Wildman–Crippen LogP) is 4.47. The van der Waals surface area contributed by atoms with Gasteiger partial charge in [-0.3, -0.25) is 4.79 Å². The summed E-state index contributed by atoms with van der Waals surface area (Å²) in [5.74, 6) is 0.817. The molecule has 0 radical (unpaired) electrons. The standard InChI is InChI=1S/C24H26N2O3/c1-15-5-10-22-20(11-15)21(24(27)26-13-16(2)29-17(3)14-26)12-23(25-22)18-6-8-19(28-4)9-7-18/h5-12,16-17H,13-14H2,1-4H3. The molecule has 2 unspecified atom stereocenters. The number of pyridine rings is 1. The van der Waals surface area contributed by atoms with Crippen LogP contribution < -0.4 is 4.74 Å². The Morgan fingerprint density at radius 1 is 1.07 bits per heavy atom. The number of carbonyl (C=O) groups excluding carboxylic acids is 1. The number of hydrogen-bond acceptors (Lipinski definition) is 4. The summed E-state index contributed by atoms with van der Waals surface area (Å²) in [6.07, 6.45) is 0.0530. The van der Waals surface area contributed by atoms with E-state index in [0.717, 1.165) is 33.5 Å². The molecule has 3 aromatic rings. The van der Waals surface area contributed by atoms with Gasteiger partial charge in [-0.2, -0.15) is 0 Å². The molecule has 0 aliphatic carbocycles. The van der Waals surface area contributed by atoms with E-state index in [2.05, 4.69) is 0 Å². The van der Waals surface area contributed by atoms with E-state index in [-0.39, 0.29) is 18.1 Å². The summed E-state index contributed by atoms with van der Waals surface area (Å²) in [6, 6.07) is 15.7. The van der Waals surface area contributed by atoms with Gasteiger partial charge in [-0.25, -0.2) is 4.98 Å². The monoisotopic (exact) mass is 390 g/mol.